The molecule has 0 saturated heterocycles. The van der Waals surface area contributed by atoms with E-state index < -0.39 is 0 Å². The highest BCUT2D eigenvalue weighted by molar-refractivity contribution is 5.92. The van der Waals surface area contributed by atoms with E-state index >= 15 is 0 Å². The van der Waals surface area contributed by atoms with Crippen LogP contribution >= 0.6 is 0 Å². The summed E-state index contributed by atoms with van der Waals surface area (Å²) in [6.07, 6.45) is 0. The number of likely N-dealkylation sites (N-methyl/N-ethyl adjacent to an activating group) is 1. The Balaban J connectivity index is 2.08. The van der Waals surface area contributed by atoms with Gasteiger partial charge in [0.2, 0.25) is 5.91 Å². The van der Waals surface area contributed by atoms with Gasteiger partial charge >= 0.3 is 0 Å². The molecule has 0 spiro atoms. The summed E-state index contributed by atoms with van der Waals surface area (Å²) in [4.78, 5) is 20.7. The Bertz CT molecular complexity index is 851. The summed E-state index contributed by atoms with van der Waals surface area (Å²) in [5.74, 6) is 1.64. The first kappa shape index (κ1) is 23.2. The second kappa shape index (κ2) is 11.8. The van der Waals surface area contributed by atoms with Crippen LogP contribution in [0, 0.1) is 0 Å². The number of nitrogens with zero attached hydrogens (tertiary/aromatic N) is 3. The third-order valence-corrected chi connectivity index (χ3v) is 4.38. The van der Waals surface area contributed by atoms with E-state index in [4.69, 9.17) is 9.73 Å². The highest BCUT2D eigenvalue weighted by Crippen LogP contribution is 2.19. The number of hydrogen-bond donors (Lipinski definition) is 2. The van der Waals surface area contributed by atoms with Crippen LogP contribution in [-0.2, 0) is 17.9 Å². The number of guanidine groups is 1. The predicted octanol–water partition coefficient (Wildman–Crippen LogP) is 2.79. The summed E-state index contributed by atoms with van der Waals surface area (Å²) >= 11 is 0. The fourth-order valence-corrected chi connectivity index (χ4v) is 3.04. The van der Waals surface area contributed by atoms with Gasteiger partial charge < -0.3 is 25.2 Å². The summed E-state index contributed by atoms with van der Waals surface area (Å²) in [6.45, 7) is 4.36. The molecule has 2 N–H and O–H groups in total. The highest BCUT2D eigenvalue weighted by Gasteiger charge is 2.10. The minimum absolute atomic E-state index is 0.0365. The summed E-state index contributed by atoms with van der Waals surface area (Å²) in [5.41, 5.74) is 2.90. The molecule has 0 aromatic heterocycles. The van der Waals surface area contributed by atoms with Crippen molar-refractivity contribution in [3.8, 4) is 5.75 Å². The predicted molar refractivity (Wildman–Crippen MR) is 123 cm³/mol. The summed E-state index contributed by atoms with van der Waals surface area (Å²) in [6, 6.07) is 15.8. The number of nitrogens with one attached hydrogen (secondary N) is 2. The lowest BCUT2D eigenvalue weighted by Gasteiger charge is -2.23. The third-order valence-electron chi connectivity index (χ3n) is 4.38. The van der Waals surface area contributed by atoms with Crippen LogP contribution in [0.2, 0.25) is 0 Å². The van der Waals surface area contributed by atoms with Crippen LogP contribution in [0.5, 0.6) is 5.75 Å². The lowest BCUT2D eigenvalue weighted by Crippen LogP contribution is -2.38. The monoisotopic (exact) mass is 411 g/mol. The van der Waals surface area contributed by atoms with Crippen molar-refractivity contribution in [3.63, 3.8) is 0 Å². The number of carbonyl (C=O) groups is 1. The van der Waals surface area contributed by atoms with Crippen molar-refractivity contribution >= 4 is 17.6 Å². The molecule has 0 saturated carbocycles. The van der Waals surface area contributed by atoms with E-state index in [1.165, 1.54) is 0 Å². The maximum absolute atomic E-state index is 12.0. The number of carbonyl (C=O) groups excluding carboxylic acids is 1. The molecule has 162 valence electrons. The van der Waals surface area contributed by atoms with Gasteiger partial charge in [-0.15, -0.1) is 0 Å². The number of para-hydroxylation sites is 1. The van der Waals surface area contributed by atoms with Gasteiger partial charge in [0.25, 0.3) is 0 Å². The lowest BCUT2D eigenvalue weighted by molar-refractivity contribution is -0.116. The largest absolute Gasteiger partial charge is 0.496 e. The quantitative estimate of drug-likeness (QED) is 0.491. The zero-order chi connectivity index (χ0) is 21.9. The Hall–Kier alpha value is -3.06. The van der Waals surface area contributed by atoms with Crippen molar-refractivity contribution in [3.05, 3.63) is 59.7 Å². The van der Waals surface area contributed by atoms with Crippen LogP contribution in [0.1, 0.15) is 18.1 Å². The molecule has 30 heavy (non-hydrogen) atoms. The molecule has 0 bridgehead atoms. The topological polar surface area (TPSA) is 69.2 Å². The minimum Gasteiger partial charge on any atom is -0.496 e. The molecule has 1 amide bonds. The molecule has 0 unspecified atom stereocenters. The van der Waals surface area contributed by atoms with E-state index in [0.29, 0.717) is 19.6 Å². The van der Waals surface area contributed by atoms with E-state index in [0.717, 1.165) is 35.1 Å². The van der Waals surface area contributed by atoms with Crippen LogP contribution < -0.4 is 15.4 Å². The average molecular weight is 412 g/mol. The van der Waals surface area contributed by atoms with Crippen molar-refractivity contribution in [1.82, 2.24) is 15.1 Å². The molecule has 2 aromatic carbocycles. The van der Waals surface area contributed by atoms with E-state index in [1.54, 1.807) is 7.11 Å². The molecule has 0 heterocycles. The Labute approximate surface area is 179 Å². The molecule has 0 atom stereocenters. The second-order valence-corrected chi connectivity index (χ2v) is 7.32. The normalized spacial score (nSPS) is 11.3. The molecule has 2 aromatic rings. The van der Waals surface area contributed by atoms with Gasteiger partial charge in [0.1, 0.15) is 5.75 Å². The number of methoxy groups -OCH3 is 1. The number of aliphatic imine (C=N–C) groups is 1. The maximum Gasteiger partial charge on any atom is 0.238 e. The standard InChI is InChI=1S/C23H33N5O2/c1-6-24-23(28(4)16-19-11-7-8-13-21(19)30-5)25-15-18-10-9-12-20(14-18)26-22(29)17-27(2)3/h7-14H,6,15-17H2,1-5H3,(H,24,25)(H,26,29). The van der Waals surface area contributed by atoms with Crippen LogP contribution in [-0.4, -0.2) is 63.0 Å². The van der Waals surface area contributed by atoms with Gasteiger partial charge in [-0.1, -0.05) is 30.3 Å². The average Bonchev–Trinajstić information content (AvgIpc) is 2.71. The van der Waals surface area contributed by atoms with Gasteiger partial charge in [0, 0.05) is 31.4 Å². The van der Waals surface area contributed by atoms with Crippen LogP contribution in [0.4, 0.5) is 5.69 Å². The van der Waals surface area contributed by atoms with Gasteiger partial charge in [0.15, 0.2) is 5.96 Å². The van der Waals surface area contributed by atoms with Gasteiger partial charge in [-0.2, -0.15) is 0 Å². The number of benzene rings is 2. The number of ether oxygens (including phenoxy) is 1. The second-order valence-electron chi connectivity index (χ2n) is 7.32. The first-order valence-electron chi connectivity index (χ1n) is 10.1. The van der Waals surface area contributed by atoms with Gasteiger partial charge in [-0.3, -0.25) is 4.79 Å². The van der Waals surface area contributed by atoms with Crippen molar-refractivity contribution in [1.29, 1.82) is 0 Å². The van der Waals surface area contributed by atoms with Crippen molar-refractivity contribution < 1.29 is 9.53 Å². The number of rotatable bonds is 9. The Morgan fingerprint density at radius 3 is 2.57 bits per heavy atom. The van der Waals surface area contributed by atoms with Crippen LogP contribution in [0.3, 0.4) is 0 Å². The van der Waals surface area contributed by atoms with E-state index in [2.05, 4.69) is 21.6 Å². The zero-order valence-corrected chi connectivity index (χ0v) is 18.6. The summed E-state index contributed by atoms with van der Waals surface area (Å²) in [5, 5.41) is 6.26. The van der Waals surface area contributed by atoms with E-state index in [1.807, 2.05) is 75.4 Å². The molecule has 0 aliphatic heterocycles. The minimum atomic E-state index is -0.0365. The summed E-state index contributed by atoms with van der Waals surface area (Å²) < 4.78 is 5.46. The van der Waals surface area contributed by atoms with Crippen molar-refractivity contribution in [2.45, 2.75) is 20.0 Å². The van der Waals surface area contributed by atoms with Crippen LogP contribution in [0.15, 0.2) is 53.5 Å². The molecule has 0 fully saturated rings. The highest BCUT2D eigenvalue weighted by atomic mass is 16.5. The summed E-state index contributed by atoms with van der Waals surface area (Å²) in [7, 11) is 7.43. The first-order chi connectivity index (χ1) is 14.4. The molecular weight excluding hydrogens is 378 g/mol. The van der Waals surface area contributed by atoms with E-state index in [9.17, 15) is 4.79 Å². The van der Waals surface area contributed by atoms with Gasteiger partial charge in [0.05, 0.1) is 20.2 Å². The van der Waals surface area contributed by atoms with Gasteiger partial charge in [-0.25, -0.2) is 4.99 Å². The smallest absolute Gasteiger partial charge is 0.238 e. The fourth-order valence-electron chi connectivity index (χ4n) is 3.04. The SMILES string of the molecule is CCNC(=NCc1cccc(NC(=O)CN(C)C)c1)N(C)Cc1ccccc1OC. The first-order valence-corrected chi connectivity index (χ1v) is 10.1. The molecule has 0 aliphatic rings. The molecule has 0 aliphatic carbocycles. The molecule has 7 heteroatoms. The van der Waals surface area contributed by atoms with Crippen molar-refractivity contribution in [2.75, 3.05) is 46.7 Å². The Morgan fingerprint density at radius 2 is 1.87 bits per heavy atom. The van der Waals surface area contributed by atoms with Crippen molar-refractivity contribution in [2.24, 2.45) is 4.99 Å². The molecule has 2 rings (SSSR count). The van der Waals surface area contributed by atoms with Gasteiger partial charge in [-0.05, 0) is 44.8 Å². The Morgan fingerprint density at radius 1 is 1.10 bits per heavy atom. The molecular formula is C23H33N5O2. The molecule has 0 radical (unpaired) electrons. The van der Waals surface area contributed by atoms with E-state index in [-0.39, 0.29) is 5.91 Å². The van der Waals surface area contributed by atoms with Crippen LogP contribution in [0.25, 0.3) is 0 Å². The fraction of sp³-hybridized carbons (Fsp3) is 0.391. The lowest BCUT2D eigenvalue weighted by atomic mass is 10.2. The Kier molecular flexibility index (Phi) is 9.15. The molecule has 7 nitrogen and oxygen atoms in total. The number of hydrogen-bond acceptors (Lipinski definition) is 4. The number of anilines is 1. The zero-order valence-electron chi connectivity index (χ0n) is 18.6. The third kappa shape index (κ3) is 7.40. The maximum atomic E-state index is 12.0. The number of amides is 1.